The lowest BCUT2D eigenvalue weighted by Crippen LogP contribution is -2.41. The molecule has 5 heteroatoms. The summed E-state index contributed by atoms with van der Waals surface area (Å²) in [4.78, 5) is 2.42. The van der Waals surface area contributed by atoms with Gasteiger partial charge in [-0.3, -0.25) is 4.90 Å². The van der Waals surface area contributed by atoms with E-state index in [9.17, 15) is 0 Å². The van der Waals surface area contributed by atoms with E-state index in [1.165, 1.54) is 6.42 Å². The van der Waals surface area contributed by atoms with Gasteiger partial charge in [-0.2, -0.15) is 5.10 Å². The van der Waals surface area contributed by atoms with Gasteiger partial charge >= 0.3 is 0 Å². The molecule has 0 spiro atoms. The van der Waals surface area contributed by atoms with Gasteiger partial charge < -0.3 is 4.74 Å². The highest BCUT2D eigenvalue weighted by atomic mass is 35.5. The molecule has 1 fully saturated rings. The average Bonchev–Trinajstić information content (AvgIpc) is 3.13. The predicted octanol–water partition coefficient (Wildman–Crippen LogP) is 4.35. The van der Waals surface area contributed by atoms with Gasteiger partial charge in [-0.15, -0.1) is 0 Å². The molecule has 0 saturated carbocycles. The number of benzene rings is 2. The summed E-state index contributed by atoms with van der Waals surface area (Å²) >= 11 is 5.98. The molecule has 1 aromatic heterocycles. The van der Waals surface area contributed by atoms with Crippen molar-refractivity contribution in [1.82, 2.24) is 14.7 Å². The Labute approximate surface area is 152 Å². The Bertz CT molecular complexity index is 796. The quantitative estimate of drug-likeness (QED) is 0.660. The highest BCUT2D eigenvalue weighted by Gasteiger charge is 2.22. The van der Waals surface area contributed by atoms with Crippen molar-refractivity contribution in [1.29, 1.82) is 0 Å². The lowest BCUT2D eigenvalue weighted by Gasteiger charge is -2.34. The van der Waals surface area contributed by atoms with Gasteiger partial charge in [0.1, 0.15) is 11.9 Å². The Balaban J connectivity index is 1.55. The Morgan fingerprint density at radius 1 is 1.04 bits per heavy atom. The summed E-state index contributed by atoms with van der Waals surface area (Å²) in [5.74, 6) is 0.839. The molecule has 0 aliphatic carbocycles. The first-order chi connectivity index (χ1) is 12.3. The smallest absolute Gasteiger partial charge is 0.136 e. The molecule has 0 radical (unpaired) electrons. The molecule has 1 atom stereocenters. The van der Waals surface area contributed by atoms with Crippen LogP contribution in [0.15, 0.2) is 67.0 Å². The Hall–Kier alpha value is -2.30. The molecule has 1 aliphatic rings. The van der Waals surface area contributed by atoms with E-state index in [-0.39, 0.29) is 6.10 Å². The molecule has 4 rings (SSSR count). The van der Waals surface area contributed by atoms with Crippen LogP contribution in [0.3, 0.4) is 0 Å². The van der Waals surface area contributed by atoms with E-state index in [0.29, 0.717) is 0 Å². The minimum atomic E-state index is -0.00635. The summed E-state index contributed by atoms with van der Waals surface area (Å²) in [6, 6.07) is 17.9. The van der Waals surface area contributed by atoms with E-state index in [0.717, 1.165) is 41.7 Å². The van der Waals surface area contributed by atoms with Crippen LogP contribution in [0.2, 0.25) is 5.02 Å². The van der Waals surface area contributed by atoms with Crippen molar-refractivity contribution in [2.45, 2.75) is 12.5 Å². The van der Waals surface area contributed by atoms with Gasteiger partial charge in [-0.05, 0) is 67.5 Å². The normalized spacial score (nSPS) is 15.6. The number of aromatic nitrogens is 2. The van der Waals surface area contributed by atoms with Gasteiger partial charge in [-0.25, -0.2) is 4.68 Å². The molecule has 1 saturated heterocycles. The van der Waals surface area contributed by atoms with Crippen molar-refractivity contribution in [2.75, 3.05) is 19.6 Å². The second-order valence-electron chi connectivity index (χ2n) is 6.26. The number of likely N-dealkylation sites (tertiary alicyclic amines) is 1. The number of ether oxygens (including phenoxy) is 1. The zero-order chi connectivity index (χ0) is 17.1. The standard InChI is InChI=1S/C20H20ClN3O/c21-17-5-9-19(10-6-17)25-20(15-23-12-2-13-23)16-3-7-18(8-4-16)24-14-1-11-22-24/h1,3-11,14,20H,2,12-13,15H2. The number of halogens is 1. The minimum Gasteiger partial charge on any atom is -0.484 e. The van der Waals surface area contributed by atoms with E-state index in [4.69, 9.17) is 16.3 Å². The molecule has 25 heavy (non-hydrogen) atoms. The lowest BCUT2D eigenvalue weighted by molar-refractivity contribution is 0.0938. The topological polar surface area (TPSA) is 30.3 Å². The number of rotatable bonds is 6. The van der Waals surface area contributed by atoms with E-state index < -0.39 is 0 Å². The molecule has 0 N–H and O–H groups in total. The van der Waals surface area contributed by atoms with Crippen LogP contribution in [0.4, 0.5) is 0 Å². The van der Waals surface area contributed by atoms with Crippen LogP contribution in [-0.2, 0) is 0 Å². The summed E-state index contributed by atoms with van der Waals surface area (Å²) in [6.07, 6.45) is 4.99. The molecule has 2 aromatic carbocycles. The maximum atomic E-state index is 6.27. The fraction of sp³-hybridized carbons (Fsp3) is 0.250. The molecular weight excluding hydrogens is 334 g/mol. The first-order valence-electron chi connectivity index (χ1n) is 8.52. The maximum absolute atomic E-state index is 6.27. The number of hydrogen-bond donors (Lipinski definition) is 0. The van der Waals surface area contributed by atoms with E-state index >= 15 is 0 Å². The van der Waals surface area contributed by atoms with Crippen LogP contribution in [0.1, 0.15) is 18.1 Å². The largest absolute Gasteiger partial charge is 0.484 e. The van der Waals surface area contributed by atoms with Crippen molar-refractivity contribution in [3.8, 4) is 11.4 Å². The van der Waals surface area contributed by atoms with Gasteiger partial charge in [0.25, 0.3) is 0 Å². The van der Waals surface area contributed by atoms with Gasteiger partial charge in [-0.1, -0.05) is 23.7 Å². The zero-order valence-electron chi connectivity index (χ0n) is 13.9. The van der Waals surface area contributed by atoms with Gasteiger partial charge in [0, 0.05) is 24.0 Å². The van der Waals surface area contributed by atoms with Crippen molar-refractivity contribution in [3.05, 3.63) is 77.6 Å². The van der Waals surface area contributed by atoms with Crippen LogP contribution in [0.25, 0.3) is 5.69 Å². The number of nitrogens with zero attached hydrogens (tertiary/aromatic N) is 3. The lowest BCUT2D eigenvalue weighted by atomic mass is 10.1. The van der Waals surface area contributed by atoms with Gasteiger partial charge in [0.2, 0.25) is 0 Å². The molecule has 128 valence electrons. The van der Waals surface area contributed by atoms with Gasteiger partial charge in [0.05, 0.1) is 5.69 Å². The van der Waals surface area contributed by atoms with Crippen molar-refractivity contribution in [2.24, 2.45) is 0 Å². The number of hydrogen-bond acceptors (Lipinski definition) is 3. The molecule has 1 aliphatic heterocycles. The van der Waals surface area contributed by atoms with E-state index in [1.54, 1.807) is 6.20 Å². The summed E-state index contributed by atoms with van der Waals surface area (Å²) < 4.78 is 8.13. The van der Waals surface area contributed by atoms with Crippen LogP contribution in [0.5, 0.6) is 5.75 Å². The van der Waals surface area contributed by atoms with Crippen molar-refractivity contribution in [3.63, 3.8) is 0 Å². The fourth-order valence-corrected chi connectivity index (χ4v) is 3.08. The molecule has 0 bridgehead atoms. The molecule has 4 nitrogen and oxygen atoms in total. The minimum absolute atomic E-state index is 0.00635. The van der Waals surface area contributed by atoms with Crippen molar-refractivity contribution < 1.29 is 4.74 Å². The van der Waals surface area contributed by atoms with Crippen LogP contribution >= 0.6 is 11.6 Å². The summed E-state index contributed by atoms with van der Waals surface area (Å²) in [6.45, 7) is 3.18. The second-order valence-corrected chi connectivity index (χ2v) is 6.69. The summed E-state index contributed by atoms with van der Waals surface area (Å²) in [5, 5.41) is 4.99. The zero-order valence-corrected chi connectivity index (χ0v) is 14.6. The molecule has 1 unspecified atom stereocenters. The maximum Gasteiger partial charge on any atom is 0.136 e. The second kappa shape index (κ2) is 7.30. The summed E-state index contributed by atoms with van der Waals surface area (Å²) in [7, 11) is 0. The third kappa shape index (κ3) is 3.86. The van der Waals surface area contributed by atoms with Crippen LogP contribution in [0, 0.1) is 0 Å². The highest BCUT2D eigenvalue weighted by molar-refractivity contribution is 6.30. The van der Waals surface area contributed by atoms with Crippen LogP contribution < -0.4 is 4.74 Å². The molecule has 2 heterocycles. The average molecular weight is 354 g/mol. The first-order valence-corrected chi connectivity index (χ1v) is 8.90. The van der Waals surface area contributed by atoms with Gasteiger partial charge in [0.15, 0.2) is 0 Å². The predicted molar refractivity (Wildman–Crippen MR) is 99.4 cm³/mol. The van der Waals surface area contributed by atoms with E-state index in [1.807, 2.05) is 41.2 Å². The monoisotopic (exact) mass is 353 g/mol. The SMILES string of the molecule is Clc1ccc(OC(CN2CCC2)c2ccc(-n3cccn3)cc2)cc1. The fourth-order valence-electron chi connectivity index (χ4n) is 2.95. The third-order valence-corrected chi connectivity index (χ3v) is 4.75. The van der Waals surface area contributed by atoms with Crippen LogP contribution in [-0.4, -0.2) is 34.3 Å². The molecule has 0 amide bonds. The van der Waals surface area contributed by atoms with E-state index in [2.05, 4.69) is 34.3 Å². The molecular formula is C20H20ClN3O. The van der Waals surface area contributed by atoms with Crippen molar-refractivity contribution >= 4 is 11.6 Å². The highest BCUT2D eigenvalue weighted by Crippen LogP contribution is 2.26. The third-order valence-electron chi connectivity index (χ3n) is 4.50. The Kier molecular flexibility index (Phi) is 4.72. The first kappa shape index (κ1) is 16.2. The molecule has 3 aromatic rings. The Morgan fingerprint density at radius 2 is 1.80 bits per heavy atom. The Morgan fingerprint density at radius 3 is 2.40 bits per heavy atom. The summed E-state index contributed by atoms with van der Waals surface area (Å²) in [5.41, 5.74) is 2.21.